The Morgan fingerprint density at radius 1 is 0.812 bits per heavy atom. The molecule has 0 aliphatic rings. The molecule has 1 unspecified atom stereocenters. The van der Waals surface area contributed by atoms with Gasteiger partial charge < -0.3 is 5.32 Å². The predicted octanol–water partition coefficient (Wildman–Crippen LogP) is 4.76. The van der Waals surface area contributed by atoms with Crippen molar-refractivity contribution >= 4 is 29.6 Å². The number of hydrazone groups is 1. The van der Waals surface area contributed by atoms with Crippen LogP contribution in [-0.2, 0) is 9.59 Å². The van der Waals surface area contributed by atoms with E-state index in [1.165, 1.54) is 6.21 Å². The molecule has 2 N–H and O–H groups in total. The van der Waals surface area contributed by atoms with E-state index in [9.17, 15) is 9.59 Å². The van der Waals surface area contributed by atoms with Crippen LogP contribution in [0.15, 0.2) is 90.0 Å². The van der Waals surface area contributed by atoms with Crippen LogP contribution in [0.2, 0.25) is 5.02 Å². The van der Waals surface area contributed by atoms with Gasteiger partial charge >= 0.3 is 0 Å². The van der Waals surface area contributed by atoms with E-state index < -0.39 is 12.0 Å². The summed E-state index contributed by atoms with van der Waals surface area (Å²) < 4.78 is 0. The van der Waals surface area contributed by atoms with Crippen molar-refractivity contribution in [3.05, 3.63) is 107 Å². The zero-order valence-electron chi connectivity index (χ0n) is 18.0. The molecule has 0 radical (unpaired) electrons. The number of amides is 2. The van der Waals surface area contributed by atoms with E-state index in [-0.39, 0.29) is 17.7 Å². The molecular weight excluding hydrogens is 422 g/mol. The molecule has 0 aliphatic carbocycles. The third kappa shape index (κ3) is 6.28. The van der Waals surface area contributed by atoms with E-state index in [2.05, 4.69) is 15.8 Å². The smallest absolute Gasteiger partial charge is 0.262 e. The van der Waals surface area contributed by atoms with Crippen LogP contribution >= 0.6 is 11.6 Å². The Morgan fingerprint density at radius 2 is 1.34 bits per heavy atom. The maximum Gasteiger partial charge on any atom is 0.262 e. The van der Waals surface area contributed by atoms with Crippen molar-refractivity contribution in [2.45, 2.75) is 25.8 Å². The zero-order valence-corrected chi connectivity index (χ0v) is 18.8. The van der Waals surface area contributed by atoms with Gasteiger partial charge in [-0.2, -0.15) is 5.10 Å². The van der Waals surface area contributed by atoms with Gasteiger partial charge in [-0.15, -0.1) is 0 Å². The highest BCUT2D eigenvalue weighted by molar-refractivity contribution is 6.30. The Labute approximate surface area is 193 Å². The van der Waals surface area contributed by atoms with E-state index in [0.29, 0.717) is 5.02 Å². The quantitative estimate of drug-likeness (QED) is 0.386. The van der Waals surface area contributed by atoms with Crippen LogP contribution in [-0.4, -0.2) is 24.1 Å². The Kier molecular flexibility index (Phi) is 8.17. The van der Waals surface area contributed by atoms with Gasteiger partial charge in [0.05, 0.1) is 12.1 Å². The van der Waals surface area contributed by atoms with Crippen LogP contribution < -0.4 is 10.7 Å². The summed E-state index contributed by atoms with van der Waals surface area (Å²) >= 11 is 5.88. The van der Waals surface area contributed by atoms with Gasteiger partial charge in [0.15, 0.2) is 0 Å². The Morgan fingerprint density at radius 3 is 1.84 bits per heavy atom. The summed E-state index contributed by atoms with van der Waals surface area (Å²) in [6, 6.07) is 25.4. The lowest BCUT2D eigenvalue weighted by molar-refractivity contribution is -0.130. The fourth-order valence-corrected chi connectivity index (χ4v) is 3.47. The largest absolute Gasteiger partial charge is 0.343 e. The standard InChI is InChI=1S/C26H26ClN3O2/c1-18(2)24(26(32)30-28-17-19-13-15-22(27)16-14-19)29-25(31)23(20-9-5-3-6-10-20)21-11-7-4-8-12-21/h3-18,23-24H,1-2H3,(H,29,31)(H,30,32). The van der Waals surface area contributed by atoms with E-state index in [4.69, 9.17) is 11.6 Å². The average Bonchev–Trinajstić information content (AvgIpc) is 2.80. The van der Waals surface area contributed by atoms with Crippen molar-refractivity contribution in [1.29, 1.82) is 0 Å². The van der Waals surface area contributed by atoms with Crippen LogP contribution in [0.5, 0.6) is 0 Å². The summed E-state index contributed by atoms with van der Waals surface area (Å²) in [5, 5.41) is 7.58. The molecule has 3 rings (SSSR count). The SMILES string of the molecule is CC(C)C(NC(=O)C(c1ccccc1)c1ccccc1)C(=O)NN=Cc1ccc(Cl)cc1. The number of benzene rings is 3. The lowest BCUT2D eigenvalue weighted by Crippen LogP contribution is -2.50. The van der Waals surface area contributed by atoms with E-state index >= 15 is 0 Å². The number of rotatable bonds is 8. The number of carbonyl (C=O) groups is 2. The maximum atomic E-state index is 13.3. The minimum atomic E-state index is -0.736. The number of hydrogen-bond acceptors (Lipinski definition) is 3. The highest BCUT2D eigenvalue weighted by Gasteiger charge is 2.29. The number of nitrogens with one attached hydrogen (secondary N) is 2. The molecule has 1 atom stereocenters. The molecule has 0 aliphatic heterocycles. The van der Waals surface area contributed by atoms with Gasteiger partial charge in [-0.05, 0) is 34.7 Å². The average molecular weight is 448 g/mol. The fourth-order valence-electron chi connectivity index (χ4n) is 3.35. The first kappa shape index (κ1) is 23.2. The summed E-state index contributed by atoms with van der Waals surface area (Å²) in [5.74, 6) is -1.27. The molecule has 3 aromatic carbocycles. The second-order valence-electron chi connectivity index (χ2n) is 7.77. The van der Waals surface area contributed by atoms with E-state index in [1.54, 1.807) is 24.3 Å². The molecule has 0 saturated carbocycles. The van der Waals surface area contributed by atoms with Gasteiger partial charge in [0, 0.05) is 5.02 Å². The lowest BCUT2D eigenvalue weighted by atomic mass is 9.89. The number of nitrogens with zero attached hydrogens (tertiary/aromatic N) is 1. The van der Waals surface area contributed by atoms with Crippen LogP contribution in [0.1, 0.15) is 36.5 Å². The molecule has 0 aromatic heterocycles. The van der Waals surface area contributed by atoms with Crippen molar-refractivity contribution in [2.24, 2.45) is 11.0 Å². The Bertz CT molecular complexity index is 1010. The van der Waals surface area contributed by atoms with Crippen LogP contribution in [0.4, 0.5) is 0 Å². The van der Waals surface area contributed by atoms with Gasteiger partial charge in [0.2, 0.25) is 5.91 Å². The van der Waals surface area contributed by atoms with E-state index in [1.807, 2.05) is 74.5 Å². The van der Waals surface area contributed by atoms with Crippen LogP contribution in [0.3, 0.4) is 0 Å². The molecule has 32 heavy (non-hydrogen) atoms. The fraction of sp³-hybridized carbons (Fsp3) is 0.192. The summed E-state index contributed by atoms with van der Waals surface area (Å²) in [6.07, 6.45) is 1.53. The van der Waals surface area contributed by atoms with E-state index in [0.717, 1.165) is 16.7 Å². The van der Waals surface area contributed by atoms with Crippen molar-refractivity contribution < 1.29 is 9.59 Å². The van der Waals surface area contributed by atoms with Crippen LogP contribution in [0.25, 0.3) is 0 Å². The summed E-state index contributed by atoms with van der Waals surface area (Å²) in [6.45, 7) is 3.76. The molecule has 164 valence electrons. The molecule has 0 heterocycles. The van der Waals surface area contributed by atoms with Crippen molar-refractivity contribution in [2.75, 3.05) is 0 Å². The minimum absolute atomic E-state index is 0.128. The number of carbonyl (C=O) groups excluding carboxylic acids is 2. The molecule has 2 amide bonds. The first-order valence-corrected chi connectivity index (χ1v) is 10.8. The highest BCUT2D eigenvalue weighted by Crippen LogP contribution is 2.25. The van der Waals surface area contributed by atoms with Crippen LogP contribution in [0, 0.1) is 5.92 Å². The zero-order chi connectivity index (χ0) is 22.9. The second-order valence-corrected chi connectivity index (χ2v) is 8.21. The lowest BCUT2D eigenvalue weighted by Gasteiger charge is -2.24. The monoisotopic (exact) mass is 447 g/mol. The molecule has 5 nitrogen and oxygen atoms in total. The molecular formula is C26H26ClN3O2. The molecule has 0 spiro atoms. The van der Waals surface area contributed by atoms with Gasteiger partial charge in [0.25, 0.3) is 5.91 Å². The third-order valence-electron chi connectivity index (χ3n) is 5.03. The molecule has 0 saturated heterocycles. The van der Waals surface area contributed by atoms with Crippen molar-refractivity contribution in [3.63, 3.8) is 0 Å². The number of halogens is 1. The minimum Gasteiger partial charge on any atom is -0.343 e. The van der Waals surface area contributed by atoms with Gasteiger partial charge in [-0.3, -0.25) is 9.59 Å². The maximum absolute atomic E-state index is 13.3. The summed E-state index contributed by atoms with van der Waals surface area (Å²) in [7, 11) is 0. The predicted molar refractivity (Wildman–Crippen MR) is 129 cm³/mol. The van der Waals surface area contributed by atoms with Crippen molar-refractivity contribution in [1.82, 2.24) is 10.7 Å². The second kappa shape index (κ2) is 11.3. The first-order chi connectivity index (χ1) is 15.5. The molecule has 6 heteroatoms. The topological polar surface area (TPSA) is 70.6 Å². The number of hydrogen-bond donors (Lipinski definition) is 2. The molecule has 0 fully saturated rings. The van der Waals surface area contributed by atoms with Gasteiger partial charge in [-0.25, -0.2) is 5.43 Å². The van der Waals surface area contributed by atoms with Crippen molar-refractivity contribution in [3.8, 4) is 0 Å². The Balaban J connectivity index is 1.75. The van der Waals surface area contributed by atoms with Gasteiger partial charge in [-0.1, -0.05) is 98.2 Å². The summed E-state index contributed by atoms with van der Waals surface area (Å²) in [5.41, 5.74) is 5.05. The third-order valence-corrected chi connectivity index (χ3v) is 5.29. The van der Waals surface area contributed by atoms with Gasteiger partial charge in [0.1, 0.15) is 6.04 Å². The highest BCUT2D eigenvalue weighted by atomic mass is 35.5. The molecule has 3 aromatic rings. The first-order valence-electron chi connectivity index (χ1n) is 10.4. The molecule has 0 bridgehead atoms. The normalized spacial score (nSPS) is 12.2. The Hall–Kier alpha value is -3.44. The summed E-state index contributed by atoms with van der Waals surface area (Å²) in [4.78, 5) is 26.1.